The van der Waals surface area contributed by atoms with E-state index in [1.54, 1.807) is 0 Å². The molecule has 6 heteroatoms. The Labute approximate surface area is 111 Å². The van der Waals surface area contributed by atoms with Crippen molar-refractivity contribution in [2.45, 2.75) is 51.1 Å². The van der Waals surface area contributed by atoms with Crippen molar-refractivity contribution in [3.63, 3.8) is 0 Å². The van der Waals surface area contributed by atoms with Gasteiger partial charge in [0.05, 0.1) is 5.69 Å². The first-order valence-electron chi connectivity index (χ1n) is 6.53. The largest absolute Gasteiger partial charge is 0.370 e. The Morgan fingerprint density at radius 2 is 2.28 bits per heavy atom. The van der Waals surface area contributed by atoms with Crippen LogP contribution >= 0.6 is 11.5 Å². The molecule has 0 aliphatic heterocycles. The molecule has 1 saturated carbocycles. The summed E-state index contributed by atoms with van der Waals surface area (Å²) in [5, 5.41) is 9.35. The lowest BCUT2D eigenvalue weighted by Crippen LogP contribution is -2.40. The van der Waals surface area contributed by atoms with E-state index in [4.69, 9.17) is 5.73 Å². The van der Waals surface area contributed by atoms with Gasteiger partial charge in [-0.15, -0.1) is 5.10 Å². The third kappa shape index (κ3) is 4.03. The van der Waals surface area contributed by atoms with Crippen molar-refractivity contribution in [3.8, 4) is 0 Å². The first-order valence-corrected chi connectivity index (χ1v) is 7.37. The van der Waals surface area contributed by atoms with Gasteiger partial charge in [0.1, 0.15) is 0 Å². The van der Waals surface area contributed by atoms with E-state index in [1.807, 2.05) is 5.38 Å². The van der Waals surface area contributed by atoms with Crippen LogP contribution in [0.3, 0.4) is 0 Å². The second-order valence-electron chi connectivity index (χ2n) is 4.95. The van der Waals surface area contributed by atoms with Gasteiger partial charge in [0.25, 0.3) is 0 Å². The molecule has 1 aliphatic rings. The summed E-state index contributed by atoms with van der Waals surface area (Å²) < 4.78 is 3.83. The maximum atomic E-state index is 11.2. The van der Waals surface area contributed by atoms with E-state index in [0.717, 1.165) is 5.69 Å². The lowest BCUT2D eigenvalue weighted by Gasteiger charge is -2.30. The summed E-state index contributed by atoms with van der Waals surface area (Å²) in [4.78, 5) is 11.2. The Kier molecular flexibility index (Phi) is 5.07. The summed E-state index contributed by atoms with van der Waals surface area (Å²) >= 11 is 1.35. The number of nitrogens with one attached hydrogen (secondary N) is 1. The van der Waals surface area contributed by atoms with Gasteiger partial charge in [-0.3, -0.25) is 4.79 Å². The first-order chi connectivity index (χ1) is 8.75. The fourth-order valence-electron chi connectivity index (χ4n) is 2.66. The summed E-state index contributed by atoms with van der Waals surface area (Å²) in [7, 11) is 0. The average molecular weight is 268 g/mol. The predicted molar refractivity (Wildman–Crippen MR) is 70.9 cm³/mol. The highest BCUT2D eigenvalue weighted by atomic mass is 32.1. The minimum Gasteiger partial charge on any atom is -0.370 e. The molecule has 0 bridgehead atoms. The summed E-state index contributed by atoms with van der Waals surface area (Å²) in [6.07, 6.45) is 6.65. The number of carbonyl (C=O) groups is 1. The molecule has 1 aromatic heterocycles. The van der Waals surface area contributed by atoms with Crippen molar-refractivity contribution in [1.82, 2.24) is 14.9 Å². The lowest BCUT2D eigenvalue weighted by atomic mass is 9.82. The highest BCUT2D eigenvalue weighted by Gasteiger charge is 2.24. The number of hydrogen-bond acceptors (Lipinski definition) is 5. The number of nitrogens with two attached hydrogens (primary N) is 1. The smallest absolute Gasteiger partial charge is 0.218 e. The molecule has 18 heavy (non-hydrogen) atoms. The minimum absolute atomic E-state index is 0.185. The molecule has 0 unspecified atom stereocenters. The number of nitrogens with zero attached hydrogens (tertiary/aromatic N) is 2. The van der Waals surface area contributed by atoms with Crippen LogP contribution in [0.1, 0.15) is 44.2 Å². The molecule has 0 saturated heterocycles. The van der Waals surface area contributed by atoms with Crippen LogP contribution in [0, 0.1) is 5.92 Å². The fraction of sp³-hybridized carbons (Fsp3) is 0.750. The Morgan fingerprint density at radius 3 is 2.89 bits per heavy atom. The van der Waals surface area contributed by atoms with Gasteiger partial charge >= 0.3 is 0 Å². The molecule has 1 aromatic rings. The summed E-state index contributed by atoms with van der Waals surface area (Å²) in [6, 6.07) is 0.185. The monoisotopic (exact) mass is 268 g/mol. The van der Waals surface area contributed by atoms with E-state index < -0.39 is 0 Å². The molecule has 1 aliphatic carbocycles. The zero-order chi connectivity index (χ0) is 12.8. The van der Waals surface area contributed by atoms with Gasteiger partial charge in [-0.25, -0.2) is 0 Å². The molecular formula is C12H20N4OS. The second kappa shape index (κ2) is 6.80. The molecule has 3 N–H and O–H groups in total. The number of rotatable bonds is 6. The zero-order valence-corrected chi connectivity index (χ0v) is 11.3. The highest BCUT2D eigenvalue weighted by molar-refractivity contribution is 7.03. The van der Waals surface area contributed by atoms with Gasteiger partial charge in [-0.05, 0) is 30.3 Å². The number of carbonyl (C=O) groups excluding carboxylic acids is 1. The van der Waals surface area contributed by atoms with Crippen molar-refractivity contribution in [2.75, 3.05) is 0 Å². The number of primary amides is 1. The van der Waals surface area contributed by atoms with Crippen LogP contribution in [-0.4, -0.2) is 21.5 Å². The maximum Gasteiger partial charge on any atom is 0.218 e. The molecule has 0 radical (unpaired) electrons. The van der Waals surface area contributed by atoms with E-state index >= 15 is 0 Å². The van der Waals surface area contributed by atoms with Crippen LogP contribution in [0.4, 0.5) is 0 Å². The van der Waals surface area contributed by atoms with Crippen molar-refractivity contribution >= 4 is 17.4 Å². The molecule has 2 rings (SSSR count). The van der Waals surface area contributed by atoms with Gasteiger partial charge in [-0.1, -0.05) is 23.8 Å². The third-order valence-electron chi connectivity index (χ3n) is 3.59. The molecule has 1 heterocycles. The average Bonchev–Trinajstić information content (AvgIpc) is 2.88. The van der Waals surface area contributed by atoms with Crippen molar-refractivity contribution in [3.05, 3.63) is 11.1 Å². The van der Waals surface area contributed by atoms with Crippen LogP contribution in [0.25, 0.3) is 0 Å². The quantitative estimate of drug-likeness (QED) is 0.818. The van der Waals surface area contributed by atoms with Gasteiger partial charge < -0.3 is 11.1 Å². The van der Waals surface area contributed by atoms with Crippen molar-refractivity contribution < 1.29 is 4.79 Å². The molecule has 1 fully saturated rings. The number of aromatic nitrogens is 2. The Hall–Kier alpha value is -1.01. The Bertz CT molecular complexity index is 362. The van der Waals surface area contributed by atoms with E-state index in [1.165, 1.54) is 43.6 Å². The topological polar surface area (TPSA) is 80.9 Å². The molecule has 5 nitrogen and oxygen atoms in total. The van der Waals surface area contributed by atoms with Crippen molar-refractivity contribution in [1.29, 1.82) is 0 Å². The van der Waals surface area contributed by atoms with E-state index in [9.17, 15) is 4.79 Å². The number of amides is 1. The van der Waals surface area contributed by atoms with Gasteiger partial charge in [0.15, 0.2) is 0 Å². The molecule has 0 spiro atoms. The molecule has 1 amide bonds. The van der Waals surface area contributed by atoms with Crippen LogP contribution < -0.4 is 11.1 Å². The number of hydrogen-bond donors (Lipinski definition) is 2. The predicted octanol–water partition coefficient (Wildman–Crippen LogP) is 1.45. The van der Waals surface area contributed by atoms with Gasteiger partial charge in [-0.2, -0.15) is 0 Å². The lowest BCUT2D eigenvalue weighted by molar-refractivity contribution is -0.118. The SMILES string of the molecule is NC(=O)C[C@H](NCc1csnn1)C1CCCCC1. The second-order valence-corrected chi connectivity index (χ2v) is 5.56. The van der Waals surface area contributed by atoms with E-state index in [0.29, 0.717) is 18.9 Å². The van der Waals surface area contributed by atoms with Crippen LogP contribution in [0.5, 0.6) is 0 Å². The molecule has 100 valence electrons. The van der Waals surface area contributed by atoms with Gasteiger partial charge in [0.2, 0.25) is 5.91 Å². The van der Waals surface area contributed by atoms with E-state index in [-0.39, 0.29) is 11.9 Å². The Balaban J connectivity index is 1.89. The summed E-state index contributed by atoms with van der Waals surface area (Å²) in [5.41, 5.74) is 6.28. The van der Waals surface area contributed by atoms with Gasteiger partial charge in [0, 0.05) is 24.4 Å². The Morgan fingerprint density at radius 1 is 1.50 bits per heavy atom. The summed E-state index contributed by atoms with van der Waals surface area (Å²) in [5.74, 6) is 0.340. The third-order valence-corrected chi connectivity index (χ3v) is 4.14. The minimum atomic E-state index is -0.227. The zero-order valence-electron chi connectivity index (χ0n) is 10.5. The first kappa shape index (κ1) is 13.4. The molecule has 0 aromatic carbocycles. The maximum absolute atomic E-state index is 11.2. The van der Waals surface area contributed by atoms with E-state index in [2.05, 4.69) is 14.9 Å². The van der Waals surface area contributed by atoms with Crippen LogP contribution in [0.15, 0.2) is 5.38 Å². The molecular weight excluding hydrogens is 248 g/mol. The highest BCUT2D eigenvalue weighted by Crippen LogP contribution is 2.27. The van der Waals surface area contributed by atoms with Crippen LogP contribution in [0.2, 0.25) is 0 Å². The standard InChI is InChI=1S/C12H20N4OS/c13-12(17)6-11(9-4-2-1-3-5-9)14-7-10-8-18-16-15-10/h8-9,11,14H,1-7H2,(H2,13,17)/t11-/m0/s1. The normalized spacial score (nSPS) is 18.7. The fourth-order valence-corrected chi connectivity index (χ4v) is 3.11. The van der Waals surface area contributed by atoms with Crippen LogP contribution in [-0.2, 0) is 11.3 Å². The van der Waals surface area contributed by atoms with Crippen molar-refractivity contribution in [2.24, 2.45) is 11.7 Å². The summed E-state index contributed by atoms with van der Waals surface area (Å²) in [6.45, 7) is 0.672. The molecule has 1 atom stereocenters.